The molecule has 0 aliphatic heterocycles. The molecule has 0 atom stereocenters. The summed E-state index contributed by atoms with van der Waals surface area (Å²) in [4.78, 5) is 0.227. The van der Waals surface area contributed by atoms with Crippen molar-refractivity contribution in [3.05, 3.63) is 23.8 Å². The predicted molar refractivity (Wildman–Crippen MR) is 79.0 cm³/mol. The lowest BCUT2D eigenvalue weighted by Crippen LogP contribution is -2.30. The Morgan fingerprint density at radius 1 is 1.40 bits per heavy atom. The number of nitrogens with zero attached hydrogens (tertiary/aromatic N) is 1. The Morgan fingerprint density at radius 2 is 2.10 bits per heavy atom. The van der Waals surface area contributed by atoms with Crippen LogP contribution in [0.3, 0.4) is 0 Å². The second-order valence-electron chi connectivity index (χ2n) is 5.36. The van der Waals surface area contributed by atoms with E-state index in [-0.39, 0.29) is 4.90 Å². The maximum Gasteiger partial charge on any atom is 0.242 e. The molecule has 0 unspecified atom stereocenters. The van der Waals surface area contributed by atoms with Gasteiger partial charge in [0, 0.05) is 25.9 Å². The van der Waals surface area contributed by atoms with Gasteiger partial charge in [-0.2, -0.15) is 4.31 Å². The highest BCUT2D eigenvalue weighted by molar-refractivity contribution is 7.89. The number of rotatable bonds is 7. The van der Waals surface area contributed by atoms with Gasteiger partial charge in [0.05, 0.1) is 11.5 Å². The van der Waals surface area contributed by atoms with Crippen molar-refractivity contribution < 1.29 is 13.2 Å². The van der Waals surface area contributed by atoms with E-state index in [2.05, 4.69) is 0 Å². The average Bonchev–Trinajstić information content (AvgIpc) is 3.21. The molecule has 0 heterocycles. The first-order valence-electron chi connectivity index (χ1n) is 6.81. The third kappa shape index (κ3) is 3.71. The predicted octanol–water partition coefficient (Wildman–Crippen LogP) is 1.62. The highest BCUT2D eigenvalue weighted by atomic mass is 32.2. The highest BCUT2D eigenvalue weighted by Crippen LogP contribution is 2.28. The summed E-state index contributed by atoms with van der Waals surface area (Å²) in [5.41, 5.74) is 7.14. The maximum absolute atomic E-state index is 12.4. The lowest BCUT2D eigenvalue weighted by atomic mass is 10.2. The van der Waals surface area contributed by atoms with Crippen molar-refractivity contribution in [1.29, 1.82) is 0 Å². The molecule has 0 aromatic heterocycles. The van der Waals surface area contributed by atoms with Gasteiger partial charge in [0.2, 0.25) is 10.0 Å². The minimum Gasteiger partial charge on any atom is -0.398 e. The molecule has 1 aromatic carbocycles. The monoisotopic (exact) mass is 298 g/mol. The van der Waals surface area contributed by atoms with Crippen molar-refractivity contribution >= 4 is 15.7 Å². The van der Waals surface area contributed by atoms with E-state index in [1.54, 1.807) is 19.2 Å². The van der Waals surface area contributed by atoms with E-state index >= 15 is 0 Å². The van der Waals surface area contributed by atoms with Crippen LogP contribution in [-0.4, -0.2) is 39.5 Å². The van der Waals surface area contributed by atoms with Gasteiger partial charge < -0.3 is 10.5 Å². The highest BCUT2D eigenvalue weighted by Gasteiger charge is 2.23. The molecular formula is C14H22N2O3S. The molecule has 112 valence electrons. The molecule has 0 amide bonds. The van der Waals surface area contributed by atoms with Gasteiger partial charge in [-0.15, -0.1) is 0 Å². The Labute approximate surface area is 120 Å². The molecule has 6 heteroatoms. The van der Waals surface area contributed by atoms with Gasteiger partial charge in [0.25, 0.3) is 0 Å². The van der Waals surface area contributed by atoms with Gasteiger partial charge >= 0.3 is 0 Å². The third-order valence-corrected chi connectivity index (χ3v) is 5.41. The normalized spacial score (nSPS) is 15.8. The first-order chi connectivity index (χ1) is 9.41. The van der Waals surface area contributed by atoms with Gasteiger partial charge in [-0.3, -0.25) is 0 Å². The summed E-state index contributed by atoms with van der Waals surface area (Å²) >= 11 is 0. The molecule has 2 N–H and O–H groups in total. The molecule has 0 radical (unpaired) electrons. The summed E-state index contributed by atoms with van der Waals surface area (Å²) in [5, 5.41) is 0. The van der Waals surface area contributed by atoms with Crippen molar-refractivity contribution in [3.8, 4) is 0 Å². The van der Waals surface area contributed by atoms with Crippen LogP contribution in [0.5, 0.6) is 0 Å². The first kappa shape index (κ1) is 15.3. The Balaban J connectivity index is 1.94. The summed E-state index contributed by atoms with van der Waals surface area (Å²) < 4.78 is 31.5. The smallest absolute Gasteiger partial charge is 0.242 e. The lowest BCUT2D eigenvalue weighted by Gasteiger charge is -2.17. The zero-order valence-corrected chi connectivity index (χ0v) is 12.8. The molecule has 1 aromatic rings. The minimum absolute atomic E-state index is 0.227. The van der Waals surface area contributed by atoms with E-state index in [9.17, 15) is 8.42 Å². The second kappa shape index (κ2) is 6.11. The summed E-state index contributed by atoms with van der Waals surface area (Å²) in [6.45, 7) is 3.36. The van der Waals surface area contributed by atoms with Gasteiger partial charge in [0.1, 0.15) is 0 Å². The molecule has 0 bridgehead atoms. The largest absolute Gasteiger partial charge is 0.398 e. The topological polar surface area (TPSA) is 72.6 Å². The summed E-state index contributed by atoms with van der Waals surface area (Å²) in [7, 11) is -1.93. The number of hydrogen-bond acceptors (Lipinski definition) is 4. The van der Waals surface area contributed by atoms with E-state index in [4.69, 9.17) is 10.5 Å². The number of benzene rings is 1. The van der Waals surface area contributed by atoms with Crippen molar-refractivity contribution in [3.63, 3.8) is 0 Å². The number of nitrogen functional groups attached to an aromatic ring is 1. The van der Waals surface area contributed by atoms with Crippen LogP contribution in [0.1, 0.15) is 18.4 Å². The molecule has 1 aliphatic carbocycles. The summed E-state index contributed by atoms with van der Waals surface area (Å²) in [5.74, 6) is 0.689. The maximum atomic E-state index is 12.4. The van der Waals surface area contributed by atoms with Crippen LogP contribution in [0.15, 0.2) is 23.1 Å². The van der Waals surface area contributed by atoms with Crippen LogP contribution < -0.4 is 5.73 Å². The van der Waals surface area contributed by atoms with Crippen molar-refractivity contribution in [2.75, 3.05) is 32.5 Å². The molecular weight excluding hydrogens is 276 g/mol. The van der Waals surface area contributed by atoms with Crippen molar-refractivity contribution in [2.45, 2.75) is 24.7 Å². The fraction of sp³-hybridized carbons (Fsp3) is 0.571. The average molecular weight is 298 g/mol. The molecule has 1 aliphatic rings. The van der Waals surface area contributed by atoms with Gasteiger partial charge in [0.15, 0.2) is 0 Å². The number of ether oxygens (including phenoxy) is 1. The molecule has 0 spiro atoms. The number of hydrogen-bond donors (Lipinski definition) is 1. The van der Waals surface area contributed by atoms with Crippen LogP contribution >= 0.6 is 0 Å². The molecule has 1 saturated carbocycles. The van der Waals surface area contributed by atoms with Crippen molar-refractivity contribution in [2.24, 2.45) is 5.92 Å². The Kier molecular flexibility index (Phi) is 4.67. The standard InChI is InChI=1S/C14H22N2O3S/c1-11-3-6-13(9-14(11)15)20(17,18)16(2)7-8-19-10-12-4-5-12/h3,6,9,12H,4-5,7-8,10,15H2,1-2H3. The van der Waals surface area contributed by atoms with Gasteiger partial charge in [-0.1, -0.05) is 6.07 Å². The number of aryl methyl sites for hydroxylation is 1. The van der Waals surface area contributed by atoms with Crippen LogP contribution in [-0.2, 0) is 14.8 Å². The number of sulfonamides is 1. The molecule has 5 nitrogen and oxygen atoms in total. The minimum atomic E-state index is -3.49. The summed E-state index contributed by atoms with van der Waals surface area (Å²) in [6, 6.07) is 4.81. The zero-order chi connectivity index (χ0) is 14.8. The molecule has 20 heavy (non-hydrogen) atoms. The molecule has 2 rings (SSSR count). The Bertz CT molecular complexity index is 568. The Morgan fingerprint density at radius 3 is 2.70 bits per heavy atom. The van der Waals surface area contributed by atoms with E-state index in [1.807, 2.05) is 6.92 Å². The second-order valence-corrected chi connectivity index (χ2v) is 7.41. The van der Waals surface area contributed by atoms with E-state index in [1.165, 1.54) is 23.2 Å². The van der Waals surface area contributed by atoms with E-state index < -0.39 is 10.0 Å². The van der Waals surface area contributed by atoms with Gasteiger partial charge in [-0.25, -0.2) is 8.42 Å². The van der Waals surface area contributed by atoms with E-state index in [0.29, 0.717) is 24.8 Å². The van der Waals surface area contributed by atoms with Crippen LogP contribution in [0.25, 0.3) is 0 Å². The molecule has 1 fully saturated rings. The SMILES string of the molecule is Cc1ccc(S(=O)(=O)N(C)CCOCC2CC2)cc1N. The van der Waals surface area contributed by atoms with E-state index in [0.717, 1.165) is 12.2 Å². The van der Waals surface area contributed by atoms with Crippen LogP contribution in [0.4, 0.5) is 5.69 Å². The third-order valence-electron chi connectivity index (χ3n) is 3.56. The first-order valence-corrected chi connectivity index (χ1v) is 8.25. The zero-order valence-electron chi connectivity index (χ0n) is 12.0. The summed E-state index contributed by atoms with van der Waals surface area (Å²) in [6.07, 6.45) is 2.47. The van der Waals surface area contributed by atoms with Crippen molar-refractivity contribution in [1.82, 2.24) is 4.31 Å². The fourth-order valence-corrected chi connectivity index (χ4v) is 3.00. The number of likely N-dealkylation sites (N-methyl/N-ethyl adjacent to an activating group) is 1. The number of anilines is 1. The van der Waals surface area contributed by atoms with Crippen LogP contribution in [0.2, 0.25) is 0 Å². The van der Waals surface area contributed by atoms with Gasteiger partial charge in [-0.05, 0) is 43.4 Å². The lowest BCUT2D eigenvalue weighted by molar-refractivity contribution is 0.117. The molecule has 0 saturated heterocycles. The fourth-order valence-electron chi connectivity index (χ4n) is 1.81. The quantitative estimate of drug-likeness (QED) is 0.613. The number of nitrogens with two attached hydrogens (primary N) is 1. The van der Waals surface area contributed by atoms with Crippen LogP contribution in [0, 0.1) is 12.8 Å². The Hall–Kier alpha value is -1.11.